The molecule has 1 aliphatic rings. The highest BCUT2D eigenvalue weighted by Crippen LogP contribution is 2.28. The maximum atomic E-state index is 12.2. The average Bonchev–Trinajstić information content (AvgIpc) is 2.97. The van der Waals surface area contributed by atoms with E-state index in [4.69, 9.17) is 4.74 Å². The first-order chi connectivity index (χ1) is 18.6. The number of ether oxygens (including phenoxy) is 1. The molecule has 8 nitrogen and oxygen atoms in total. The van der Waals surface area contributed by atoms with Crippen LogP contribution in [0.3, 0.4) is 0 Å². The Hall–Kier alpha value is -4.43. The van der Waals surface area contributed by atoms with Gasteiger partial charge in [0, 0.05) is 57.0 Å². The third-order valence-electron chi connectivity index (χ3n) is 6.58. The quantitative estimate of drug-likeness (QED) is 0.356. The summed E-state index contributed by atoms with van der Waals surface area (Å²) in [5, 5.41) is 5.67. The molecule has 2 amide bonds. The van der Waals surface area contributed by atoms with Crippen molar-refractivity contribution in [3.63, 3.8) is 0 Å². The van der Waals surface area contributed by atoms with E-state index in [1.807, 2.05) is 48.7 Å². The molecular weight excluding hydrogens is 476 g/mol. The van der Waals surface area contributed by atoms with Crippen LogP contribution in [0.2, 0.25) is 0 Å². The van der Waals surface area contributed by atoms with E-state index in [-0.39, 0.29) is 6.03 Å². The van der Waals surface area contributed by atoms with Gasteiger partial charge >= 0.3 is 6.03 Å². The number of aromatic nitrogens is 2. The average molecular weight is 509 g/mol. The summed E-state index contributed by atoms with van der Waals surface area (Å²) in [6.07, 6.45) is 5.32. The highest BCUT2D eigenvalue weighted by atomic mass is 16.5. The summed E-state index contributed by atoms with van der Waals surface area (Å²) < 4.78 is 6.11. The number of rotatable bonds is 8. The number of hydrogen-bond acceptors (Lipinski definition) is 6. The predicted molar refractivity (Wildman–Crippen MR) is 150 cm³/mol. The van der Waals surface area contributed by atoms with Crippen molar-refractivity contribution in [2.24, 2.45) is 0 Å². The minimum atomic E-state index is -0.273. The number of pyridine rings is 2. The zero-order chi connectivity index (χ0) is 26.2. The van der Waals surface area contributed by atoms with Crippen molar-refractivity contribution in [3.05, 3.63) is 103 Å². The zero-order valence-corrected chi connectivity index (χ0v) is 21.5. The molecule has 1 saturated heterocycles. The van der Waals surface area contributed by atoms with Crippen molar-refractivity contribution in [2.45, 2.75) is 13.2 Å². The van der Waals surface area contributed by atoms with Crippen LogP contribution in [0.15, 0.2) is 91.4 Å². The molecule has 8 heteroatoms. The predicted octanol–water partition coefficient (Wildman–Crippen LogP) is 4.80. The molecule has 3 heterocycles. The zero-order valence-electron chi connectivity index (χ0n) is 21.5. The molecule has 194 valence electrons. The number of nitrogens with one attached hydrogen (secondary N) is 2. The number of anilines is 2. The molecule has 38 heavy (non-hydrogen) atoms. The van der Waals surface area contributed by atoms with Crippen LogP contribution >= 0.6 is 0 Å². The molecular formula is C30H32N6O2. The van der Waals surface area contributed by atoms with Crippen molar-refractivity contribution in [3.8, 4) is 16.9 Å². The summed E-state index contributed by atoms with van der Waals surface area (Å²) in [7, 11) is 2.16. The number of likely N-dealkylation sites (N-methyl/N-ethyl adjacent to an activating group) is 1. The Kier molecular flexibility index (Phi) is 8.10. The number of urea groups is 1. The number of piperazine rings is 1. The summed E-state index contributed by atoms with van der Waals surface area (Å²) in [4.78, 5) is 25.6. The van der Waals surface area contributed by atoms with Gasteiger partial charge in [0.15, 0.2) is 0 Å². The van der Waals surface area contributed by atoms with Crippen molar-refractivity contribution < 1.29 is 9.53 Å². The fourth-order valence-electron chi connectivity index (χ4n) is 4.38. The standard InChI is InChI=1S/C30H32N6O2/c1-35-15-17-36(18-16-35)29-19-24(12-14-32-29)28-7-3-2-6-25(28)22-38-27-10-8-26(9-11-27)34-30(37)33-21-23-5-4-13-31-20-23/h2-14,19-20H,15-18,21-22H2,1H3,(H2,33,34,37). The molecule has 4 aromatic rings. The Labute approximate surface area is 223 Å². The topological polar surface area (TPSA) is 82.6 Å². The Morgan fingerprint density at radius 1 is 0.947 bits per heavy atom. The number of carbonyl (C=O) groups excluding carboxylic acids is 1. The first-order valence-electron chi connectivity index (χ1n) is 12.8. The maximum absolute atomic E-state index is 12.2. The second-order valence-electron chi connectivity index (χ2n) is 9.33. The molecule has 0 radical (unpaired) electrons. The van der Waals surface area contributed by atoms with Crippen LogP contribution in [0, 0.1) is 0 Å². The van der Waals surface area contributed by atoms with Crippen LogP contribution in [-0.4, -0.2) is 54.1 Å². The SMILES string of the molecule is CN1CCN(c2cc(-c3ccccc3COc3ccc(NC(=O)NCc4cccnc4)cc3)ccn2)CC1. The summed E-state index contributed by atoms with van der Waals surface area (Å²) in [6, 6.07) is 23.4. The summed E-state index contributed by atoms with van der Waals surface area (Å²) in [6.45, 7) is 4.89. The molecule has 0 saturated carbocycles. The van der Waals surface area contributed by atoms with E-state index in [0.29, 0.717) is 18.8 Å². The molecule has 0 spiro atoms. The molecule has 2 aromatic heterocycles. The summed E-state index contributed by atoms with van der Waals surface area (Å²) in [5.41, 5.74) is 4.99. The highest BCUT2D eigenvalue weighted by Gasteiger charge is 2.16. The first-order valence-corrected chi connectivity index (χ1v) is 12.8. The largest absolute Gasteiger partial charge is 0.489 e. The number of amides is 2. The van der Waals surface area contributed by atoms with E-state index in [9.17, 15) is 4.79 Å². The van der Waals surface area contributed by atoms with Gasteiger partial charge in [-0.2, -0.15) is 0 Å². The van der Waals surface area contributed by atoms with Crippen molar-refractivity contribution >= 4 is 17.5 Å². The molecule has 0 unspecified atom stereocenters. The fourth-order valence-corrected chi connectivity index (χ4v) is 4.38. The van der Waals surface area contributed by atoms with Crippen LogP contribution in [0.25, 0.3) is 11.1 Å². The third-order valence-corrected chi connectivity index (χ3v) is 6.58. The number of benzene rings is 2. The smallest absolute Gasteiger partial charge is 0.319 e. The van der Waals surface area contributed by atoms with Gasteiger partial charge in [0.1, 0.15) is 18.2 Å². The molecule has 2 aromatic carbocycles. The second kappa shape index (κ2) is 12.2. The van der Waals surface area contributed by atoms with Gasteiger partial charge in [-0.3, -0.25) is 4.98 Å². The lowest BCUT2D eigenvalue weighted by Gasteiger charge is -2.33. The fraction of sp³-hybridized carbons (Fsp3) is 0.233. The molecule has 0 aliphatic carbocycles. The monoisotopic (exact) mass is 508 g/mol. The van der Waals surface area contributed by atoms with Gasteiger partial charge in [-0.1, -0.05) is 30.3 Å². The van der Waals surface area contributed by atoms with Crippen molar-refractivity contribution in [2.75, 3.05) is 43.4 Å². The van der Waals surface area contributed by atoms with Crippen LogP contribution in [0.4, 0.5) is 16.3 Å². The second-order valence-corrected chi connectivity index (χ2v) is 9.33. The van der Waals surface area contributed by atoms with E-state index in [0.717, 1.165) is 60.0 Å². The number of carbonyl (C=O) groups is 1. The van der Waals surface area contributed by atoms with E-state index in [1.165, 1.54) is 0 Å². The maximum Gasteiger partial charge on any atom is 0.319 e. The third kappa shape index (κ3) is 6.66. The van der Waals surface area contributed by atoms with E-state index < -0.39 is 0 Å². The van der Waals surface area contributed by atoms with E-state index in [2.05, 4.69) is 67.8 Å². The Morgan fingerprint density at radius 3 is 2.55 bits per heavy atom. The van der Waals surface area contributed by atoms with Crippen LogP contribution < -0.4 is 20.3 Å². The molecule has 1 aliphatic heterocycles. The van der Waals surface area contributed by atoms with Crippen LogP contribution in [-0.2, 0) is 13.2 Å². The molecule has 1 fully saturated rings. The van der Waals surface area contributed by atoms with E-state index in [1.54, 1.807) is 12.4 Å². The minimum Gasteiger partial charge on any atom is -0.489 e. The van der Waals surface area contributed by atoms with Crippen LogP contribution in [0.5, 0.6) is 5.75 Å². The lowest BCUT2D eigenvalue weighted by Crippen LogP contribution is -2.44. The van der Waals surface area contributed by atoms with Gasteiger partial charge in [0.05, 0.1) is 0 Å². The van der Waals surface area contributed by atoms with E-state index >= 15 is 0 Å². The Morgan fingerprint density at radius 2 is 1.76 bits per heavy atom. The molecule has 0 bridgehead atoms. The van der Waals surface area contributed by atoms with Gasteiger partial charge in [-0.15, -0.1) is 0 Å². The summed E-state index contributed by atoms with van der Waals surface area (Å²) in [5.74, 6) is 1.74. The Balaban J connectivity index is 1.18. The Bertz CT molecular complexity index is 1340. The van der Waals surface area contributed by atoms with Crippen molar-refractivity contribution in [1.29, 1.82) is 0 Å². The van der Waals surface area contributed by atoms with Crippen molar-refractivity contribution in [1.82, 2.24) is 20.2 Å². The molecule has 5 rings (SSSR count). The van der Waals surface area contributed by atoms with Crippen LogP contribution in [0.1, 0.15) is 11.1 Å². The normalized spacial score (nSPS) is 13.7. The lowest BCUT2D eigenvalue weighted by atomic mass is 10.0. The van der Waals surface area contributed by atoms with Gasteiger partial charge < -0.3 is 25.2 Å². The minimum absolute atomic E-state index is 0.273. The summed E-state index contributed by atoms with van der Waals surface area (Å²) >= 11 is 0. The highest BCUT2D eigenvalue weighted by molar-refractivity contribution is 5.89. The lowest BCUT2D eigenvalue weighted by molar-refractivity contribution is 0.251. The first kappa shape index (κ1) is 25.2. The van der Waals surface area contributed by atoms with Gasteiger partial charge in [-0.25, -0.2) is 9.78 Å². The van der Waals surface area contributed by atoms with Gasteiger partial charge in [-0.05, 0) is 71.8 Å². The van der Waals surface area contributed by atoms with Gasteiger partial charge in [0.25, 0.3) is 0 Å². The number of nitrogens with zero attached hydrogens (tertiary/aromatic N) is 4. The molecule has 0 atom stereocenters. The van der Waals surface area contributed by atoms with Gasteiger partial charge in [0.2, 0.25) is 0 Å². The number of hydrogen-bond donors (Lipinski definition) is 2. The molecule has 2 N–H and O–H groups in total.